The molecule has 20 heavy (non-hydrogen) atoms. The van der Waals surface area contributed by atoms with Gasteiger partial charge in [-0.05, 0) is 68.4 Å². The molecule has 2 fully saturated rings. The maximum Gasteiger partial charge on any atom is 0.0177 e. The molecule has 1 nitrogen and oxygen atoms in total. The number of hydrogen-bond acceptors (Lipinski definition) is 2. The third-order valence-electron chi connectivity index (χ3n) is 6.02. The molecule has 0 saturated heterocycles. The molecule has 0 aliphatic heterocycles. The van der Waals surface area contributed by atoms with Gasteiger partial charge in [-0.2, -0.15) is 0 Å². The van der Waals surface area contributed by atoms with Crippen molar-refractivity contribution in [2.75, 3.05) is 0 Å². The van der Waals surface area contributed by atoms with Crippen molar-refractivity contribution in [1.29, 1.82) is 0 Å². The quantitative estimate of drug-likeness (QED) is 0.841. The molecule has 2 saturated carbocycles. The Kier molecular flexibility index (Phi) is 3.53. The van der Waals surface area contributed by atoms with Gasteiger partial charge in [0.1, 0.15) is 0 Å². The molecule has 1 aromatic rings. The smallest absolute Gasteiger partial charge is 0.0177 e. The lowest BCUT2D eigenvalue weighted by atomic mass is 9.68. The summed E-state index contributed by atoms with van der Waals surface area (Å²) in [6, 6.07) is 5.81. The summed E-state index contributed by atoms with van der Waals surface area (Å²) in [6.07, 6.45) is 5.47. The van der Waals surface area contributed by atoms with Gasteiger partial charge >= 0.3 is 0 Å². The number of aryl methyl sites for hydroxylation is 1. The fourth-order valence-electron chi connectivity index (χ4n) is 4.96. The Hall–Kier alpha value is -0.340. The largest absolute Gasteiger partial charge is 0.310 e. The number of rotatable bonds is 4. The number of fused-ring (bicyclic) bond motifs is 2. The lowest BCUT2D eigenvalue weighted by molar-refractivity contribution is 0.100. The lowest BCUT2D eigenvalue weighted by Crippen LogP contribution is -2.53. The van der Waals surface area contributed by atoms with Crippen molar-refractivity contribution in [1.82, 2.24) is 5.32 Å². The van der Waals surface area contributed by atoms with Crippen LogP contribution in [0.15, 0.2) is 12.1 Å². The normalized spacial score (nSPS) is 36.5. The molecule has 112 valence electrons. The highest BCUT2D eigenvalue weighted by atomic mass is 32.1. The van der Waals surface area contributed by atoms with E-state index < -0.39 is 0 Å². The molecule has 1 heterocycles. The number of hydrogen-bond donors (Lipinski definition) is 1. The van der Waals surface area contributed by atoms with Gasteiger partial charge in [0.15, 0.2) is 0 Å². The first-order valence-corrected chi connectivity index (χ1v) is 8.94. The van der Waals surface area contributed by atoms with E-state index in [1.54, 1.807) is 0 Å². The van der Waals surface area contributed by atoms with Gasteiger partial charge in [0.2, 0.25) is 0 Å². The Morgan fingerprint density at radius 3 is 2.65 bits per heavy atom. The molecule has 2 aliphatic carbocycles. The molecule has 0 aromatic carbocycles. The van der Waals surface area contributed by atoms with Crippen LogP contribution in [0, 0.1) is 23.7 Å². The van der Waals surface area contributed by atoms with E-state index in [1.807, 2.05) is 11.3 Å². The van der Waals surface area contributed by atoms with Crippen LogP contribution in [0.3, 0.4) is 0 Å². The predicted octanol–water partition coefficient (Wildman–Crippen LogP) is 4.79. The number of nitrogens with one attached hydrogen (secondary N) is 1. The first-order valence-electron chi connectivity index (χ1n) is 8.13. The van der Waals surface area contributed by atoms with Crippen molar-refractivity contribution in [2.45, 2.75) is 72.4 Å². The average molecular weight is 292 g/mol. The Morgan fingerprint density at radius 2 is 2.10 bits per heavy atom. The van der Waals surface area contributed by atoms with Crippen molar-refractivity contribution in [3.63, 3.8) is 0 Å². The van der Waals surface area contributed by atoms with E-state index >= 15 is 0 Å². The molecule has 3 rings (SSSR count). The Balaban J connectivity index is 1.68. The predicted molar refractivity (Wildman–Crippen MR) is 88.4 cm³/mol. The minimum Gasteiger partial charge on any atom is -0.310 e. The highest BCUT2D eigenvalue weighted by Gasteiger charge is 2.59. The summed E-state index contributed by atoms with van der Waals surface area (Å²) < 4.78 is 0. The van der Waals surface area contributed by atoms with Gasteiger partial charge in [-0.15, -0.1) is 11.3 Å². The van der Waals surface area contributed by atoms with Crippen LogP contribution in [0.5, 0.6) is 0 Å². The molecule has 0 amide bonds. The van der Waals surface area contributed by atoms with Gasteiger partial charge in [-0.25, -0.2) is 0 Å². The molecule has 2 bridgehead atoms. The Labute approximate surface area is 128 Å². The monoisotopic (exact) mass is 291 g/mol. The highest BCUT2D eigenvalue weighted by Crippen LogP contribution is 2.62. The molecule has 4 unspecified atom stereocenters. The van der Waals surface area contributed by atoms with Crippen LogP contribution in [0.2, 0.25) is 0 Å². The Morgan fingerprint density at radius 1 is 1.35 bits per heavy atom. The molecule has 4 atom stereocenters. The van der Waals surface area contributed by atoms with Crippen molar-refractivity contribution >= 4 is 11.3 Å². The maximum atomic E-state index is 4.01. The Bertz CT molecular complexity index is 485. The van der Waals surface area contributed by atoms with Crippen LogP contribution in [-0.4, -0.2) is 12.1 Å². The molecular weight excluding hydrogens is 262 g/mol. The van der Waals surface area contributed by atoms with Crippen LogP contribution >= 0.6 is 11.3 Å². The van der Waals surface area contributed by atoms with Gasteiger partial charge < -0.3 is 5.32 Å². The van der Waals surface area contributed by atoms with E-state index in [9.17, 15) is 0 Å². The summed E-state index contributed by atoms with van der Waals surface area (Å²) in [5.41, 5.74) is 1.00. The van der Waals surface area contributed by atoms with Gasteiger partial charge in [0.25, 0.3) is 0 Å². The van der Waals surface area contributed by atoms with Crippen molar-refractivity contribution < 1.29 is 0 Å². The summed E-state index contributed by atoms with van der Waals surface area (Å²) in [7, 11) is 0. The van der Waals surface area contributed by atoms with Crippen molar-refractivity contribution in [2.24, 2.45) is 16.7 Å². The van der Waals surface area contributed by atoms with Gasteiger partial charge in [0.05, 0.1) is 0 Å². The van der Waals surface area contributed by atoms with Crippen LogP contribution in [0.25, 0.3) is 0 Å². The van der Waals surface area contributed by atoms with Crippen LogP contribution < -0.4 is 5.32 Å². The standard InChI is InChI=1S/C18H29NS/c1-12(10-15-7-6-13(2)20-15)19-16-17(3,4)14-8-9-18(16,5)11-14/h6-7,12,14,16,19H,8-11H2,1-5H3. The summed E-state index contributed by atoms with van der Waals surface area (Å²) in [4.78, 5) is 2.95. The van der Waals surface area contributed by atoms with E-state index in [2.05, 4.69) is 52.1 Å². The summed E-state index contributed by atoms with van der Waals surface area (Å²) in [5.74, 6) is 0.932. The van der Waals surface area contributed by atoms with E-state index in [-0.39, 0.29) is 0 Å². The molecule has 2 aliphatic rings. The fourth-order valence-corrected chi connectivity index (χ4v) is 5.98. The molecule has 2 heteroatoms. The topological polar surface area (TPSA) is 12.0 Å². The zero-order valence-electron chi connectivity index (χ0n) is 13.6. The molecule has 1 aromatic heterocycles. The first kappa shape index (κ1) is 14.6. The van der Waals surface area contributed by atoms with E-state index in [4.69, 9.17) is 0 Å². The zero-order valence-corrected chi connectivity index (χ0v) is 14.4. The second kappa shape index (κ2) is 4.84. The van der Waals surface area contributed by atoms with Gasteiger partial charge in [-0.3, -0.25) is 0 Å². The average Bonchev–Trinajstić information content (AvgIpc) is 2.97. The third kappa shape index (κ3) is 2.35. The van der Waals surface area contributed by atoms with Crippen molar-refractivity contribution in [3.8, 4) is 0 Å². The van der Waals surface area contributed by atoms with Crippen LogP contribution in [-0.2, 0) is 6.42 Å². The lowest BCUT2D eigenvalue weighted by Gasteiger charge is -2.44. The summed E-state index contributed by atoms with van der Waals surface area (Å²) in [5, 5.41) is 4.01. The SMILES string of the molecule is Cc1ccc(CC(C)NC2C3(C)CCC(C3)C2(C)C)s1. The van der Waals surface area contributed by atoms with E-state index in [1.165, 1.54) is 35.4 Å². The van der Waals surface area contributed by atoms with Crippen molar-refractivity contribution in [3.05, 3.63) is 21.9 Å². The van der Waals surface area contributed by atoms with E-state index in [0.29, 0.717) is 22.9 Å². The van der Waals surface area contributed by atoms with Gasteiger partial charge in [-0.1, -0.05) is 20.8 Å². The number of thiophene rings is 1. The summed E-state index contributed by atoms with van der Waals surface area (Å²) in [6.45, 7) is 12.1. The maximum absolute atomic E-state index is 4.01. The molecule has 0 radical (unpaired) electrons. The van der Waals surface area contributed by atoms with Gasteiger partial charge in [0, 0.05) is 21.8 Å². The molecule has 0 spiro atoms. The van der Waals surface area contributed by atoms with Crippen LogP contribution in [0.1, 0.15) is 56.7 Å². The molecule has 1 N–H and O–H groups in total. The highest BCUT2D eigenvalue weighted by molar-refractivity contribution is 7.11. The second-order valence-corrected chi connectivity index (χ2v) is 9.50. The second-order valence-electron chi connectivity index (χ2n) is 8.13. The summed E-state index contributed by atoms with van der Waals surface area (Å²) >= 11 is 1.95. The first-order chi connectivity index (χ1) is 9.31. The molecular formula is C18H29NS. The minimum atomic E-state index is 0.465. The van der Waals surface area contributed by atoms with E-state index in [0.717, 1.165) is 5.92 Å². The zero-order chi connectivity index (χ0) is 14.5. The van der Waals surface area contributed by atoms with Crippen LogP contribution in [0.4, 0.5) is 0 Å². The third-order valence-corrected chi connectivity index (χ3v) is 7.05. The fraction of sp³-hybridized carbons (Fsp3) is 0.778. The minimum absolute atomic E-state index is 0.465.